The second kappa shape index (κ2) is 6.94. The van der Waals surface area contributed by atoms with Gasteiger partial charge in [-0.2, -0.15) is 0 Å². The maximum absolute atomic E-state index is 5.86. The fourth-order valence-corrected chi connectivity index (χ4v) is 1.73. The van der Waals surface area contributed by atoms with E-state index in [1.807, 2.05) is 19.1 Å². The van der Waals surface area contributed by atoms with Crippen LogP contribution in [0.5, 0.6) is 0 Å². The van der Waals surface area contributed by atoms with Gasteiger partial charge in [0.25, 0.3) is 0 Å². The topological polar surface area (TPSA) is 21.3 Å². The Morgan fingerprint density at radius 1 is 1.20 bits per heavy atom. The smallest absolute Gasteiger partial charge is 0.0482 e. The van der Waals surface area contributed by atoms with Gasteiger partial charge in [0.15, 0.2) is 0 Å². The van der Waals surface area contributed by atoms with Crippen LogP contribution in [0.2, 0.25) is 10.0 Å². The van der Waals surface area contributed by atoms with Crippen LogP contribution in [0.3, 0.4) is 0 Å². The molecule has 0 amide bonds. The summed E-state index contributed by atoms with van der Waals surface area (Å²) in [6, 6.07) is 5.43. The molecule has 0 fully saturated rings. The van der Waals surface area contributed by atoms with Crippen molar-refractivity contribution in [1.82, 2.24) is 0 Å². The van der Waals surface area contributed by atoms with E-state index in [1.54, 1.807) is 6.07 Å². The maximum atomic E-state index is 5.86. The summed E-state index contributed by atoms with van der Waals surface area (Å²) in [5.74, 6) is 0. The number of hydrogen-bond donors (Lipinski definition) is 1. The fraction of sp³-hybridized carbons (Fsp3) is 0.455. The lowest BCUT2D eigenvalue weighted by atomic mass is 10.3. The van der Waals surface area contributed by atoms with Crippen LogP contribution in [0.15, 0.2) is 18.2 Å². The Labute approximate surface area is 101 Å². The maximum Gasteiger partial charge on any atom is 0.0482 e. The first-order chi connectivity index (χ1) is 7.22. The number of halogens is 2. The third kappa shape index (κ3) is 5.26. The lowest BCUT2D eigenvalue weighted by Gasteiger charge is -2.07. The van der Waals surface area contributed by atoms with Crippen molar-refractivity contribution in [2.45, 2.75) is 13.3 Å². The molecule has 0 radical (unpaired) electrons. The first kappa shape index (κ1) is 12.6. The second-order valence-electron chi connectivity index (χ2n) is 3.14. The Balaban J connectivity index is 2.31. The predicted molar refractivity (Wildman–Crippen MR) is 66.1 cm³/mol. The minimum atomic E-state index is 0.648. The number of anilines is 1. The predicted octanol–water partition coefficient (Wildman–Crippen LogP) is 3.83. The molecule has 0 aromatic heterocycles. The van der Waals surface area contributed by atoms with E-state index in [0.717, 1.165) is 31.9 Å². The standard InChI is InChI=1S/C11H15Cl2NO/c1-2-15-5-3-4-14-11-7-9(12)6-10(13)8-11/h6-8,14H,2-5H2,1H3. The molecule has 0 aliphatic carbocycles. The Morgan fingerprint density at radius 2 is 1.87 bits per heavy atom. The molecule has 1 aromatic carbocycles. The zero-order chi connectivity index (χ0) is 11.1. The Bertz CT molecular complexity index is 284. The zero-order valence-corrected chi connectivity index (χ0v) is 10.2. The molecule has 0 aliphatic heterocycles. The number of ether oxygens (including phenoxy) is 1. The first-order valence-corrected chi connectivity index (χ1v) is 5.75. The van der Waals surface area contributed by atoms with Gasteiger partial charge in [0.2, 0.25) is 0 Å². The monoisotopic (exact) mass is 247 g/mol. The first-order valence-electron chi connectivity index (χ1n) is 5.00. The second-order valence-corrected chi connectivity index (χ2v) is 4.01. The third-order valence-corrected chi connectivity index (χ3v) is 2.30. The van der Waals surface area contributed by atoms with E-state index in [1.165, 1.54) is 0 Å². The zero-order valence-electron chi connectivity index (χ0n) is 8.72. The van der Waals surface area contributed by atoms with Crippen molar-refractivity contribution < 1.29 is 4.74 Å². The fourth-order valence-electron chi connectivity index (χ4n) is 1.21. The van der Waals surface area contributed by atoms with Crippen molar-refractivity contribution in [3.05, 3.63) is 28.2 Å². The van der Waals surface area contributed by atoms with Crippen LogP contribution in [0.25, 0.3) is 0 Å². The minimum Gasteiger partial charge on any atom is -0.385 e. The van der Waals surface area contributed by atoms with E-state index >= 15 is 0 Å². The van der Waals surface area contributed by atoms with Crippen LogP contribution >= 0.6 is 23.2 Å². The molecule has 0 saturated carbocycles. The van der Waals surface area contributed by atoms with Gasteiger partial charge < -0.3 is 10.1 Å². The summed E-state index contributed by atoms with van der Waals surface area (Å²) in [6.45, 7) is 4.39. The van der Waals surface area contributed by atoms with E-state index < -0.39 is 0 Å². The Kier molecular flexibility index (Phi) is 5.84. The van der Waals surface area contributed by atoms with Crippen molar-refractivity contribution in [3.8, 4) is 0 Å². The van der Waals surface area contributed by atoms with Gasteiger partial charge in [0.05, 0.1) is 0 Å². The van der Waals surface area contributed by atoms with Gasteiger partial charge in [0.1, 0.15) is 0 Å². The van der Waals surface area contributed by atoms with E-state index in [2.05, 4.69) is 5.32 Å². The highest BCUT2D eigenvalue weighted by molar-refractivity contribution is 6.35. The molecule has 1 N–H and O–H groups in total. The summed E-state index contributed by atoms with van der Waals surface area (Å²) < 4.78 is 5.23. The van der Waals surface area contributed by atoms with Gasteiger partial charge in [0, 0.05) is 35.5 Å². The molecule has 1 aromatic rings. The van der Waals surface area contributed by atoms with Gasteiger partial charge in [-0.05, 0) is 31.5 Å². The molecule has 1 rings (SSSR count). The SMILES string of the molecule is CCOCCCNc1cc(Cl)cc(Cl)c1. The minimum absolute atomic E-state index is 0.648. The van der Waals surface area contributed by atoms with Crippen LogP contribution < -0.4 is 5.32 Å². The molecular formula is C11H15Cl2NO. The average molecular weight is 248 g/mol. The summed E-state index contributed by atoms with van der Waals surface area (Å²) in [6.07, 6.45) is 0.970. The highest BCUT2D eigenvalue weighted by Crippen LogP contribution is 2.22. The highest BCUT2D eigenvalue weighted by atomic mass is 35.5. The molecule has 0 bridgehead atoms. The van der Waals surface area contributed by atoms with E-state index in [-0.39, 0.29) is 0 Å². The molecule has 0 aliphatic rings. The van der Waals surface area contributed by atoms with Crippen LogP contribution in [-0.4, -0.2) is 19.8 Å². The Morgan fingerprint density at radius 3 is 2.47 bits per heavy atom. The summed E-state index contributed by atoms with van der Waals surface area (Å²) in [7, 11) is 0. The molecule has 0 saturated heterocycles. The van der Waals surface area contributed by atoms with Crippen molar-refractivity contribution in [3.63, 3.8) is 0 Å². The van der Waals surface area contributed by atoms with Crippen LogP contribution in [-0.2, 0) is 4.74 Å². The molecular weight excluding hydrogens is 233 g/mol. The lowest BCUT2D eigenvalue weighted by Crippen LogP contribution is -2.05. The molecule has 15 heavy (non-hydrogen) atoms. The molecule has 2 nitrogen and oxygen atoms in total. The lowest BCUT2D eigenvalue weighted by molar-refractivity contribution is 0.147. The van der Waals surface area contributed by atoms with Gasteiger partial charge in [-0.25, -0.2) is 0 Å². The van der Waals surface area contributed by atoms with Crippen LogP contribution in [0.1, 0.15) is 13.3 Å². The van der Waals surface area contributed by atoms with Gasteiger partial charge in [-0.15, -0.1) is 0 Å². The van der Waals surface area contributed by atoms with E-state index in [4.69, 9.17) is 27.9 Å². The average Bonchev–Trinajstić information content (AvgIpc) is 2.16. The summed E-state index contributed by atoms with van der Waals surface area (Å²) >= 11 is 11.7. The molecule has 0 atom stereocenters. The van der Waals surface area contributed by atoms with Crippen molar-refractivity contribution in [2.75, 3.05) is 25.1 Å². The van der Waals surface area contributed by atoms with Crippen molar-refractivity contribution in [1.29, 1.82) is 0 Å². The summed E-state index contributed by atoms with van der Waals surface area (Å²) in [5, 5.41) is 4.53. The Hall–Kier alpha value is -0.440. The van der Waals surface area contributed by atoms with Gasteiger partial charge >= 0.3 is 0 Å². The summed E-state index contributed by atoms with van der Waals surface area (Å²) in [4.78, 5) is 0. The van der Waals surface area contributed by atoms with E-state index in [0.29, 0.717) is 10.0 Å². The van der Waals surface area contributed by atoms with Gasteiger partial charge in [-0.1, -0.05) is 23.2 Å². The number of benzene rings is 1. The van der Waals surface area contributed by atoms with Crippen molar-refractivity contribution in [2.24, 2.45) is 0 Å². The van der Waals surface area contributed by atoms with Gasteiger partial charge in [-0.3, -0.25) is 0 Å². The molecule has 0 unspecified atom stereocenters. The third-order valence-electron chi connectivity index (χ3n) is 1.86. The summed E-state index contributed by atoms with van der Waals surface area (Å²) in [5.41, 5.74) is 0.948. The number of hydrogen-bond acceptors (Lipinski definition) is 2. The van der Waals surface area contributed by atoms with Crippen LogP contribution in [0, 0.1) is 0 Å². The molecule has 0 spiro atoms. The van der Waals surface area contributed by atoms with E-state index in [9.17, 15) is 0 Å². The largest absolute Gasteiger partial charge is 0.385 e. The normalized spacial score (nSPS) is 10.3. The molecule has 84 valence electrons. The number of rotatable bonds is 6. The molecule has 4 heteroatoms. The highest BCUT2D eigenvalue weighted by Gasteiger charge is 1.97. The van der Waals surface area contributed by atoms with Crippen LogP contribution in [0.4, 0.5) is 5.69 Å². The van der Waals surface area contributed by atoms with Crippen molar-refractivity contribution >= 4 is 28.9 Å². The molecule has 0 heterocycles. The number of nitrogens with one attached hydrogen (secondary N) is 1. The quantitative estimate of drug-likeness (QED) is 0.772.